The second-order valence-corrected chi connectivity index (χ2v) is 6.25. The van der Waals surface area contributed by atoms with Gasteiger partial charge in [-0.2, -0.15) is 11.8 Å². The summed E-state index contributed by atoms with van der Waals surface area (Å²) in [6, 6.07) is 7.63. The molecule has 0 radical (unpaired) electrons. The number of carbonyl (C=O) groups is 1. The van der Waals surface area contributed by atoms with Crippen LogP contribution in [0.4, 0.5) is 5.69 Å². The van der Waals surface area contributed by atoms with Gasteiger partial charge in [0.15, 0.2) is 11.2 Å². The minimum absolute atomic E-state index is 0.148. The molecule has 0 bridgehead atoms. The lowest BCUT2D eigenvalue weighted by Crippen LogP contribution is -2.52. The smallest absolute Gasteiger partial charge is 0.262 e. The van der Waals surface area contributed by atoms with Crippen molar-refractivity contribution in [2.24, 2.45) is 0 Å². The van der Waals surface area contributed by atoms with Crippen molar-refractivity contribution in [2.45, 2.75) is 12.5 Å². The number of hydrogen-bond donors (Lipinski definition) is 2. The summed E-state index contributed by atoms with van der Waals surface area (Å²) in [5.74, 6) is 1.62. The van der Waals surface area contributed by atoms with Gasteiger partial charge in [-0.15, -0.1) is 0 Å². The van der Waals surface area contributed by atoms with Gasteiger partial charge in [-0.05, 0) is 42.8 Å². The van der Waals surface area contributed by atoms with Crippen LogP contribution in [0.1, 0.15) is 6.42 Å². The maximum atomic E-state index is 11.9. The quantitative estimate of drug-likeness (QED) is 0.628. The van der Waals surface area contributed by atoms with E-state index in [1.165, 1.54) is 0 Å². The van der Waals surface area contributed by atoms with Gasteiger partial charge in [-0.25, -0.2) is 0 Å². The summed E-state index contributed by atoms with van der Waals surface area (Å²) in [4.78, 5) is 13.9. The van der Waals surface area contributed by atoms with E-state index >= 15 is 0 Å². The third kappa shape index (κ3) is 4.04. The molecule has 0 saturated heterocycles. The average molecular weight is 339 g/mol. The summed E-state index contributed by atoms with van der Waals surface area (Å²) in [7, 11) is 1.61. The molecule has 0 aliphatic carbocycles. The molecule has 1 atom stereocenters. The van der Waals surface area contributed by atoms with E-state index in [1.807, 2.05) is 40.9 Å². The fourth-order valence-electron chi connectivity index (χ4n) is 2.23. The highest BCUT2D eigenvalue weighted by atomic mass is 32.2. The first-order valence-corrected chi connectivity index (χ1v) is 8.99. The van der Waals surface area contributed by atoms with Gasteiger partial charge in [0, 0.05) is 13.6 Å². The molecule has 1 aromatic rings. The van der Waals surface area contributed by atoms with Crippen LogP contribution >= 0.6 is 24.0 Å². The van der Waals surface area contributed by atoms with Crippen LogP contribution in [0.5, 0.6) is 5.75 Å². The summed E-state index contributed by atoms with van der Waals surface area (Å²) < 4.78 is 5.76. The number of hydrogen-bond acceptors (Lipinski definition) is 4. The van der Waals surface area contributed by atoms with Crippen LogP contribution in [0.15, 0.2) is 24.3 Å². The van der Waals surface area contributed by atoms with E-state index in [0.717, 1.165) is 24.4 Å². The Kier molecular flexibility index (Phi) is 6.33. The van der Waals surface area contributed by atoms with E-state index in [4.69, 9.17) is 17.0 Å². The van der Waals surface area contributed by atoms with Gasteiger partial charge in [0.1, 0.15) is 5.75 Å². The largest absolute Gasteiger partial charge is 0.477 e. The minimum atomic E-state index is -0.564. The molecule has 1 aliphatic heterocycles. The number of fused-ring (bicyclic) bond motifs is 1. The summed E-state index contributed by atoms with van der Waals surface area (Å²) >= 11 is 7.31. The Morgan fingerprint density at radius 3 is 3.00 bits per heavy atom. The maximum absolute atomic E-state index is 11.9. The van der Waals surface area contributed by atoms with E-state index < -0.39 is 6.10 Å². The minimum Gasteiger partial charge on any atom is -0.477 e. The zero-order chi connectivity index (χ0) is 15.9. The molecule has 1 aliphatic rings. The highest BCUT2D eigenvalue weighted by Crippen LogP contribution is 2.33. The number of ether oxygens (including phenoxy) is 1. The fraction of sp³-hybridized carbons (Fsp3) is 0.467. The van der Waals surface area contributed by atoms with E-state index in [9.17, 15) is 4.79 Å². The lowest BCUT2D eigenvalue weighted by atomic mass is 10.2. The molecule has 5 nitrogen and oxygen atoms in total. The van der Waals surface area contributed by atoms with Crippen LogP contribution in [-0.2, 0) is 4.79 Å². The van der Waals surface area contributed by atoms with E-state index in [0.29, 0.717) is 17.4 Å². The molecule has 0 unspecified atom stereocenters. The van der Waals surface area contributed by atoms with Crippen LogP contribution in [0, 0.1) is 0 Å². The predicted molar refractivity (Wildman–Crippen MR) is 95.9 cm³/mol. The fourth-order valence-corrected chi connectivity index (χ4v) is 2.94. The van der Waals surface area contributed by atoms with Crippen LogP contribution in [-0.4, -0.2) is 49.3 Å². The first kappa shape index (κ1) is 16.9. The van der Waals surface area contributed by atoms with Crippen molar-refractivity contribution in [3.05, 3.63) is 24.3 Å². The normalized spacial score (nSPS) is 16.5. The Morgan fingerprint density at radius 2 is 2.27 bits per heavy atom. The zero-order valence-electron chi connectivity index (χ0n) is 12.8. The molecule has 0 spiro atoms. The van der Waals surface area contributed by atoms with E-state index in [1.54, 1.807) is 7.05 Å². The number of thioether (sulfide) groups is 1. The molecule has 0 saturated carbocycles. The Labute approximate surface area is 140 Å². The van der Waals surface area contributed by atoms with Gasteiger partial charge in [0.25, 0.3) is 5.91 Å². The summed E-state index contributed by atoms with van der Waals surface area (Å²) in [6.45, 7) is 1.23. The molecule has 120 valence electrons. The lowest BCUT2D eigenvalue weighted by molar-refractivity contribution is -0.127. The third-order valence-electron chi connectivity index (χ3n) is 3.36. The van der Waals surface area contributed by atoms with Gasteiger partial charge in [0.05, 0.1) is 12.2 Å². The Hall–Kier alpha value is -1.47. The molecule has 2 rings (SSSR count). The molecule has 1 aromatic carbocycles. The van der Waals surface area contributed by atoms with Crippen molar-refractivity contribution in [3.8, 4) is 5.75 Å². The summed E-state index contributed by atoms with van der Waals surface area (Å²) in [6.07, 6.45) is 2.57. The number of nitrogens with zero attached hydrogens (tertiary/aromatic N) is 1. The van der Waals surface area contributed by atoms with E-state index in [2.05, 4.69) is 16.9 Å². The highest BCUT2D eigenvalue weighted by molar-refractivity contribution is 7.98. The number of para-hydroxylation sites is 2. The van der Waals surface area contributed by atoms with Crippen molar-refractivity contribution >= 4 is 40.7 Å². The molecule has 0 fully saturated rings. The monoisotopic (exact) mass is 339 g/mol. The third-order valence-corrected chi connectivity index (χ3v) is 4.42. The second kappa shape index (κ2) is 8.24. The molecule has 1 amide bonds. The number of anilines is 1. The Bertz CT molecular complexity index is 539. The van der Waals surface area contributed by atoms with Crippen molar-refractivity contribution in [1.82, 2.24) is 10.6 Å². The zero-order valence-corrected chi connectivity index (χ0v) is 14.4. The molecule has 2 N–H and O–H groups in total. The van der Waals surface area contributed by atoms with Gasteiger partial charge >= 0.3 is 0 Å². The molecule has 1 heterocycles. The van der Waals surface area contributed by atoms with Crippen LogP contribution in [0.3, 0.4) is 0 Å². The van der Waals surface area contributed by atoms with Crippen LogP contribution in [0.25, 0.3) is 0 Å². The number of rotatable bonds is 5. The SMILES string of the molecule is CNC(=O)[C@@H]1CN(C(=S)NCCCSC)c2ccccc2O1. The van der Waals surface area contributed by atoms with Gasteiger partial charge in [-0.1, -0.05) is 12.1 Å². The highest BCUT2D eigenvalue weighted by Gasteiger charge is 2.31. The number of carbonyl (C=O) groups excluding carboxylic acids is 1. The number of thiocarbonyl (C=S) groups is 1. The van der Waals surface area contributed by atoms with Gasteiger partial charge in [-0.3, -0.25) is 4.79 Å². The predicted octanol–water partition coefficient (Wildman–Crippen LogP) is 1.63. The number of amides is 1. The van der Waals surface area contributed by atoms with Crippen LogP contribution < -0.4 is 20.3 Å². The molecular formula is C15H21N3O2S2. The Balaban J connectivity index is 2.10. The number of nitrogens with one attached hydrogen (secondary N) is 2. The summed E-state index contributed by atoms with van der Waals surface area (Å²) in [5, 5.41) is 6.52. The van der Waals surface area contributed by atoms with Crippen molar-refractivity contribution in [3.63, 3.8) is 0 Å². The Morgan fingerprint density at radius 1 is 1.50 bits per heavy atom. The molecule has 7 heteroatoms. The second-order valence-electron chi connectivity index (χ2n) is 4.88. The topological polar surface area (TPSA) is 53.6 Å². The number of benzene rings is 1. The molecule has 22 heavy (non-hydrogen) atoms. The van der Waals surface area contributed by atoms with Crippen molar-refractivity contribution in [2.75, 3.05) is 37.0 Å². The van der Waals surface area contributed by atoms with Crippen molar-refractivity contribution < 1.29 is 9.53 Å². The lowest BCUT2D eigenvalue weighted by Gasteiger charge is -2.35. The molecule has 0 aromatic heterocycles. The van der Waals surface area contributed by atoms with Gasteiger partial charge < -0.3 is 20.3 Å². The van der Waals surface area contributed by atoms with E-state index in [-0.39, 0.29) is 5.91 Å². The standard InChI is InChI=1S/C15H21N3O2S2/c1-16-14(19)13-10-18(15(21)17-8-5-9-22-2)11-6-3-4-7-12(11)20-13/h3-4,6-7,13H,5,8-10H2,1-2H3,(H,16,19)(H,17,21)/t13-/m0/s1. The first-order valence-electron chi connectivity index (χ1n) is 7.19. The summed E-state index contributed by atoms with van der Waals surface area (Å²) in [5.41, 5.74) is 0.894. The average Bonchev–Trinajstić information content (AvgIpc) is 2.56. The van der Waals surface area contributed by atoms with Crippen molar-refractivity contribution in [1.29, 1.82) is 0 Å². The number of likely N-dealkylation sites (N-methyl/N-ethyl adjacent to an activating group) is 1. The van der Waals surface area contributed by atoms with Crippen LogP contribution in [0.2, 0.25) is 0 Å². The first-order chi connectivity index (χ1) is 10.7. The maximum Gasteiger partial charge on any atom is 0.262 e. The molecular weight excluding hydrogens is 318 g/mol. The van der Waals surface area contributed by atoms with Gasteiger partial charge in [0.2, 0.25) is 0 Å².